The van der Waals surface area contributed by atoms with E-state index in [4.69, 9.17) is 25.8 Å². The van der Waals surface area contributed by atoms with Crippen LogP contribution in [-0.4, -0.2) is 37.0 Å². The number of aromatic nitrogens is 1. The molecule has 0 saturated carbocycles. The lowest BCUT2D eigenvalue weighted by Gasteiger charge is -2.16. The number of hydrogen-bond acceptors (Lipinski definition) is 8. The molecule has 0 spiro atoms. The quantitative estimate of drug-likeness (QED) is 0.413. The third kappa shape index (κ3) is 5.34. The molecule has 0 aliphatic rings. The van der Waals surface area contributed by atoms with Gasteiger partial charge in [-0.25, -0.2) is 9.78 Å². The van der Waals surface area contributed by atoms with E-state index in [2.05, 4.69) is 15.5 Å². The molecular weight excluding hydrogens is 378 g/mol. The maximum atomic E-state index is 11.7. The van der Waals surface area contributed by atoms with Gasteiger partial charge in [0, 0.05) is 17.0 Å². The van der Waals surface area contributed by atoms with E-state index >= 15 is 0 Å². The van der Waals surface area contributed by atoms with Crippen LogP contribution in [0.15, 0.2) is 22.6 Å². The van der Waals surface area contributed by atoms with Crippen LogP contribution < -0.4 is 14.9 Å². The van der Waals surface area contributed by atoms with Gasteiger partial charge in [0.05, 0.1) is 30.6 Å². The first kappa shape index (κ1) is 20.0. The fraction of sp³-hybridized carbons (Fsp3) is 0.353. The number of thiazole rings is 1. The molecule has 0 fully saturated rings. The maximum Gasteiger partial charge on any atom is 0.347 e. The summed E-state index contributed by atoms with van der Waals surface area (Å²) < 4.78 is 15.9. The molecule has 9 heteroatoms. The van der Waals surface area contributed by atoms with Gasteiger partial charge < -0.3 is 14.2 Å². The van der Waals surface area contributed by atoms with Crippen molar-refractivity contribution in [2.24, 2.45) is 5.10 Å². The normalized spacial score (nSPS) is 12.0. The van der Waals surface area contributed by atoms with Gasteiger partial charge in [0.2, 0.25) is 5.13 Å². The molecule has 1 N–H and O–H groups in total. The van der Waals surface area contributed by atoms with Crippen molar-refractivity contribution >= 4 is 40.3 Å². The highest BCUT2D eigenvalue weighted by atomic mass is 35.5. The molecule has 1 unspecified atom stereocenters. The summed E-state index contributed by atoms with van der Waals surface area (Å²) in [6, 6.07) is 3.25. The molecule has 2 rings (SSSR count). The van der Waals surface area contributed by atoms with Crippen molar-refractivity contribution in [2.75, 3.05) is 19.1 Å². The first-order valence-electron chi connectivity index (χ1n) is 7.86. The SMILES string of the molecule is CCOC(=O)C(C)Oc1cc(Cl)c(C=NNc2nc(C)cs2)cc1OC. The molecule has 140 valence electrons. The number of anilines is 1. The van der Waals surface area contributed by atoms with Gasteiger partial charge in [0.15, 0.2) is 17.6 Å². The molecule has 1 heterocycles. The second-order valence-electron chi connectivity index (χ2n) is 5.20. The van der Waals surface area contributed by atoms with Gasteiger partial charge in [-0.15, -0.1) is 11.3 Å². The number of hydrogen-bond donors (Lipinski definition) is 1. The smallest absolute Gasteiger partial charge is 0.347 e. The molecule has 2 aromatic rings. The van der Waals surface area contributed by atoms with E-state index in [1.807, 2.05) is 12.3 Å². The summed E-state index contributed by atoms with van der Waals surface area (Å²) in [5, 5.41) is 7.13. The fourth-order valence-corrected chi connectivity index (χ4v) is 2.80. The lowest BCUT2D eigenvalue weighted by molar-refractivity contribution is -0.150. The second kappa shape index (κ2) is 9.40. The van der Waals surface area contributed by atoms with E-state index in [9.17, 15) is 4.79 Å². The van der Waals surface area contributed by atoms with Crippen LogP contribution in [0, 0.1) is 6.92 Å². The molecule has 0 bridgehead atoms. The molecule has 0 amide bonds. The van der Waals surface area contributed by atoms with E-state index in [1.54, 1.807) is 32.2 Å². The van der Waals surface area contributed by atoms with Gasteiger partial charge >= 0.3 is 5.97 Å². The highest BCUT2D eigenvalue weighted by Gasteiger charge is 2.19. The number of nitrogens with one attached hydrogen (secondary N) is 1. The van der Waals surface area contributed by atoms with Crippen LogP contribution in [0.4, 0.5) is 5.13 Å². The van der Waals surface area contributed by atoms with Crippen molar-refractivity contribution < 1.29 is 19.0 Å². The number of carbonyl (C=O) groups excluding carboxylic acids is 1. The van der Waals surface area contributed by atoms with Crippen molar-refractivity contribution in [1.82, 2.24) is 4.98 Å². The van der Waals surface area contributed by atoms with Gasteiger partial charge in [0.25, 0.3) is 0 Å². The van der Waals surface area contributed by atoms with E-state index in [0.717, 1.165) is 5.69 Å². The molecule has 26 heavy (non-hydrogen) atoms. The third-order valence-corrected chi connectivity index (χ3v) is 4.38. The van der Waals surface area contributed by atoms with Crippen molar-refractivity contribution in [3.63, 3.8) is 0 Å². The second-order valence-corrected chi connectivity index (χ2v) is 6.47. The van der Waals surface area contributed by atoms with E-state index < -0.39 is 12.1 Å². The monoisotopic (exact) mass is 397 g/mol. The summed E-state index contributed by atoms with van der Waals surface area (Å²) in [6.45, 7) is 5.52. The van der Waals surface area contributed by atoms with Crippen molar-refractivity contribution in [1.29, 1.82) is 0 Å². The predicted octanol–water partition coefficient (Wildman–Crippen LogP) is 3.89. The van der Waals surface area contributed by atoms with E-state index in [-0.39, 0.29) is 6.61 Å². The zero-order chi connectivity index (χ0) is 19.1. The summed E-state index contributed by atoms with van der Waals surface area (Å²) in [7, 11) is 1.50. The molecule has 1 atom stereocenters. The zero-order valence-electron chi connectivity index (χ0n) is 14.9. The largest absolute Gasteiger partial charge is 0.493 e. The van der Waals surface area contributed by atoms with Crippen molar-refractivity contribution in [2.45, 2.75) is 26.9 Å². The highest BCUT2D eigenvalue weighted by Crippen LogP contribution is 2.33. The summed E-state index contributed by atoms with van der Waals surface area (Å²) in [4.78, 5) is 16.0. The van der Waals surface area contributed by atoms with Crippen LogP contribution in [-0.2, 0) is 9.53 Å². The van der Waals surface area contributed by atoms with Crippen LogP contribution in [0.25, 0.3) is 0 Å². The molecular formula is C17H20ClN3O4S. The summed E-state index contributed by atoms with van der Waals surface area (Å²) in [5.74, 6) is 0.315. The zero-order valence-corrected chi connectivity index (χ0v) is 16.5. The average molecular weight is 398 g/mol. The van der Waals surface area contributed by atoms with Gasteiger partial charge in [0.1, 0.15) is 0 Å². The summed E-state index contributed by atoms with van der Waals surface area (Å²) in [6.07, 6.45) is 0.773. The number of benzene rings is 1. The minimum absolute atomic E-state index is 0.283. The molecule has 0 radical (unpaired) electrons. The Morgan fingerprint density at radius 3 is 2.85 bits per heavy atom. The lowest BCUT2D eigenvalue weighted by atomic mass is 10.2. The fourth-order valence-electron chi connectivity index (χ4n) is 1.96. The first-order valence-corrected chi connectivity index (χ1v) is 9.12. The first-order chi connectivity index (χ1) is 12.4. The number of nitrogens with zero attached hydrogens (tertiary/aromatic N) is 2. The highest BCUT2D eigenvalue weighted by molar-refractivity contribution is 7.13. The van der Waals surface area contributed by atoms with Gasteiger partial charge in [-0.05, 0) is 26.8 Å². The Morgan fingerprint density at radius 2 is 2.23 bits per heavy atom. The number of esters is 1. The average Bonchev–Trinajstić information content (AvgIpc) is 3.02. The Hall–Kier alpha value is -2.32. The third-order valence-electron chi connectivity index (χ3n) is 3.19. The number of methoxy groups -OCH3 is 1. The maximum absolute atomic E-state index is 11.7. The van der Waals surface area contributed by atoms with Gasteiger partial charge in [-0.3, -0.25) is 5.43 Å². The summed E-state index contributed by atoms with van der Waals surface area (Å²) >= 11 is 7.74. The Kier molecular flexibility index (Phi) is 7.23. The molecule has 0 aliphatic carbocycles. The predicted molar refractivity (Wildman–Crippen MR) is 103 cm³/mol. The molecule has 0 aliphatic heterocycles. The molecule has 7 nitrogen and oxygen atoms in total. The van der Waals surface area contributed by atoms with Crippen LogP contribution >= 0.6 is 22.9 Å². The Balaban J connectivity index is 2.13. The van der Waals surface area contributed by atoms with Crippen molar-refractivity contribution in [3.05, 3.63) is 33.8 Å². The minimum atomic E-state index is -0.783. The number of halogens is 1. The topological polar surface area (TPSA) is 82.0 Å². The summed E-state index contributed by atoms with van der Waals surface area (Å²) in [5.41, 5.74) is 4.39. The van der Waals surface area contributed by atoms with E-state index in [0.29, 0.717) is 27.2 Å². The molecule has 1 aromatic heterocycles. The van der Waals surface area contributed by atoms with Crippen LogP contribution in [0.2, 0.25) is 5.02 Å². The van der Waals surface area contributed by atoms with Crippen LogP contribution in [0.3, 0.4) is 0 Å². The minimum Gasteiger partial charge on any atom is -0.493 e. The number of aryl methyl sites for hydroxylation is 1. The Bertz CT molecular complexity index is 794. The number of hydrazone groups is 1. The lowest BCUT2D eigenvalue weighted by Crippen LogP contribution is -2.26. The standard InChI is InChI=1S/C17H20ClN3O4S/c1-5-24-16(22)11(3)25-15-7-13(18)12(6-14(15)23-4)8-19-21-17-20-10(2)9-26-17/h6-9,11H,5H2,1-4H3,(H,20,21). The number of rotatable bonds is 8. The number of carbonyl (C=O) groups is 1. The number of ether oxygens (including phenoxy) is 3. The molecule has 1 aromatic carbocycles. The van der Waals surface area contributed by atoms with Crippen molar-refractivity contribution in [3.8, 4) is 11.5 Å². The van der Waals surface area contributed by atoms with Crippen LogP contribution in [0.1, 0.15) is 25.1 Å². The molecule has 0 saturated heterocycles. The van der Waals surface area contributed by atoms with E-state index in [1.165, 1.54) is 18.4 Å². The van der Waals surface area contributed by atoms with Gasteiger partial charge in [-0.1, -0.05) is 11.6 Å². The Labute approximate surface area is 160 Å². The van der Waals surface area contributed by atoms with Crippen LogP contribution in [0.5, 0.6) is 11.5 Å². The van der Waals surface area contributed by atoms with Gasteiger partial charge in [-0.2, -0.15) is 5.10 Å². The Morgan fingerprint density at radius 1 is 1.46 bits per heavy atom.